The Morgan fingerprint density at radius 1 is 1.10 bits per heavy atom. The Morgan fingerprint density at radius 3 is 2.54 bits per heavy atom. The fourth-order valence-corrected chi connectivity index (χ4v) is 6.86. The van der Waals surface area contributed by atoms with Crippen LogP contribution in [0.1, 0.15) is 74.6 Å². The van der Waals surface area contributed by atoms with E-state index in [1.54, 1.807) is 36.3 Å². The van der Waals surface area contributed by atoms with Crippen molar-refractivity contribution in [3.05, 3.63) is 47.2 Å². The minimum atomic E-state index is -0.828. The van der Waals surface area contributed by atoms with Crippen molar-refractivity contribution in [3.8, 4) is 11.8 Å². The number of amides is 3. The molecule has 1 unspecified atom stereocenters. The number of fused-ring (bicyclic) bond motifs is 1. The molecule has 0 radical (unpaired) electrons. The Bertz CT molecular complexity index is 1280. The Kier molecular flexibility index (Phi) is 8.51. The minimum Gasteiger partial charge on any atom is -0.497 e. The first kappa shape index (κ1) is 27.2. The molecule has 1 aromatic heterocycles. The Hall–Kier alpha value is -3.38. The smallest absolute Gasteiger partial charge is 0.257 e. The van der Waals surface area contributed by atoms with Gasteiger partial charge in [0.1, 0.15) is 22.9 Å². The Balaban J connectivity index is 1.37. The van der Waals surface area contributed by atoms with E-state index in [1.807, 2.05) is 6.07 Å². The first-order chi connectivity index (χ1) is 19.0. The van der Waals surface area contributed by atoms with E-state index in [1.165, 1.54) is 16.7 Å². The largest absolute Gasteiger partial charge is 0.497 e. The lowest BCUT2D eigenvalue weighted by Crippen LogP contribution is -2.52. The van der Waals surface area contributed by atoms with Gasteiger partial charge in [0, 0.05) is 11.7 Å². The molecular weight excluding hydrogens is 512 g/mol. The normalized spacial score (nSPS) is 19.8. The van der Waals surface area contributed by atoms with Crippen LogP contribution in [-0.4, -0.2) is 52.6 Å². The number of carbonyl (C=O) groups excluding carboxylic acids is 3. The van der Waals surface area contributed by atoms with E-state index in [4.69, 9.17) is 9.72 Å². The lowest BCUT2D eigenvalue weighted by molar-refractivity contribution is -0.139. The van der Waals surface area contributed by atoms with Gasteiger partial charge in [0.05, 0.1) is 30.5 Å². The Labute approximate surface area is 233 Å². The lowest BCUT2D eigenvalue weighted by Gasteiger charge is -2.37. The number of aromatic nitrogens is 1. The first-order valence-corrected chi connectivity index (χ1v) is 14.9. The maximum absolute atomic E-state index is 13.8. The highest BCUT2D eigenvalue weighted by atomic mass is 32.2. The van der Waals surface area contributed by atoms with Crippen molar-refractivity contribution in [1.82, 2.24) is 9.88 Å². The molecule has 3 amide bonds. The standard InChI is InChI=1S/C30H34N4O4S/c1-38-24-14-12-23(13-15-24)34-27(35)17-26(30(34)37)33(22-9-5-3-6-10-22)28(36)19-39-29-21(18-31)16-20-8-4-2-7-11-25(20)32-29/h12-16,22,26H,2-11,17,19H2,1H3. The molecule has 9 heteroatoms. The van der Waals surface area contributed by atoms with Crippen LogP contribution in [0.3, 0.4) is 0 Å². The summed E-state index contributed by atoms with van der Waals surface area (Å²) >= 11 is 1.27. The van der Waals surface area contributed by atoms with Crippen molar-refractivity contribution < 1.29 is 19.1 Å². The van der Waals surface area contributed by atoms with E-state index in [0.717, 1.165) is 75.5 Å². The summed E-state index contributed by atoms with van der Waals surface area (Å²) in [6.07, 6.45) is 9.83. The number of thioether (sulfide) groups is 1. The number of hydrogen-bond donors (Lipinski definition) is 0. The van der Waals surface area contributed by atoms with Gasteiger partial charge in [0.15, 0.2) is 0 Å². The molecule has 2 aromatic rings. The molecule has 39 heavy (non-hydrogen) atoms. The molecule has 0 N–H and O–H groups in total. The summed E-state index contributed by atoms with van der Waals surface area (Å²) in [7, 11) is 1.56. The van der Waals surface area contributed by atoms with Crippen LogP contribution in [-0.2, 0) is 27.2 Å². The monoisotopic (exact) mass is 546 g/mol. The second-order valence-electron chi connectivity index (χ2n) is 10.5. The highest BCUT2D eigenvalue weighted by molar-refractivity contribution is 8.00. The van der Waals surface area contributed by atoms with E-state index in [0.29, 0.717) is 22.0 Å². The minimum absolute atomic E-state index is 0.0295. The predicted octanol–water partition coefficient (Wildman–Crippen LogP) is 4.82. The molecule has 2 heterocycles. The van der Waals surface area contributed by atoms with Crippen molar-refractivity contribution >= 4 is 35.2 Å². The van der Waals surface area contributed by atoms with Gasteiger partial charge < -0.3 is 9.64 Å². The number of nitrogens with zero attached hydrogens (tertiary/aromatic N) is 4. The summed E-state index contributed by atoms with van der Waals surface area (Å²) < 4.78 is 5.20. The third-order valence-electron chi connectivity index (χ3n) is 8.01. The summed E-state index contributed by atoms with van der Waals surface area (Å²) in [5, 5.41) is 10.4. The highest BCUT2D eigenvalue weighted by Gasteiger charge is 2.46. The molecule has 1 saturated heterocycles. The van der Waals surface area contributed by atoms with Crippen molar-refractivity contribution in [3.63, 3.8) is 0 Å². The molecular formula is C30H34N4O4S. The number of nitriles is 1. The van der Waals surface area contributed by atoms with Crippen LogP contribution in [0.25, 0.3) is 0 Å². The number of carbonyl (C=O) groups is 3. The van der Waals surface area contributed by atoms with Crippen LogP contribution in [0, 0.1) is 11.3 Å². The van der Waals surface area contributed by atoms with Gasteiger partial charge in [-0.2, -0.15) is 5.26 Å². The molecule has 1 atom stereocenters. The molecule has 2 fully saturated rings. The second kappa shape index (κ2) is 12.2. The molecule has 1 saturated carbocycles. The van der Waals surface area contributed by atoms with Crippen LogP contribution in [0.4, 0.5) is 5.69 Å². The van der Waals surface area contributed by atoms with E-state index in [-0.39, 0.29) is 35.9 Å². The predicted molar refractivity (Wildman–Crippen MR) is 149 cm³/mol. The summed E-state index contributed by atoms with van der Waals surface area (Å²) in [4.78, 5) is 48.2. The second-order valence-corrected chi connectivity index (χ2v) is 11.5. The van der Waals surface area contributed by atoms with Gasteiger partial charge in [-0.3, -0.25) is 14.4 Å². The average molecular weight is 547 g/mol. The van der Waals surface area contributed by atoms with Crippen molar-refractivity contribution in [2.24, 2.45) is 0 Å². The summed E-state index contributed by atoms with van der Waals surface area (Å²) in [5.41, 5.74) is 3.14. The van der Waals surface area contributed by atoms with Gasteiger partial charge in [-0.25, -0.2) is 9.88 Å². The maximum Gasteiger partial charge on any atom is 0.257 e. The van der Waals surface area contributed by atoms with Crippen LogP contribution in [0.15, 0.2) is 35.4 Å². The first-order valence-electron chi connectivity index (χ1n) is 13.9. The van der Waals surface area contributed by atoms with E-state index in [9.17, 15) is 19.6 Å². The quantitative estimate of drug-likeness (QED) is 0.279. The number of aryl methyl sites for hydroxylation is 2. The van der Waals surface area contributed by atoms with Crippen LogP contribution >= 0.6 is 11.8 Å². The summed E-state index contributed by atoms with van der Waals surface area (Å²) in [6.45, 7) is 0. The zero-order valence-corrected chi connectivity index (χ0v) is 23.2. The fraction of sp³-hybridized carbons (Fsp3) is 0.500. The highest BCUT2D eigenvalue weighted by Crippen LogP contribution is 2.33. The topological polar surface area (TPSA) is 104 Å². The molecule has 0 bridgehead atoms. The number of ether oxygens (including phenoxy) is 1. The lowest BCUT2D eigenvalue weighted by atomic mass is 9.92. The van der Waals surface area contributed by atoms with Crippen LogP contribution < -0.4 is 9.64 Å². The van der Waals surface area contributed by atoms with Gasteiger partial charge in [0.25, 0.3) is 5.91 Å². The van der Waals surface area contributed by atoms with Crippen molar-refractivity contribution in [2.45, 2.75) is 87.7 Å². The molecule has 204 valence electrons. The van der Waals surface area contributed by atoms with Crippen molar-refractivity contribution in [2.75, 3.05) is 17.8 Å². The third kappa shape index (κ3) is 5.81. The fourth-order valence-electron chi connectivity index (χ4n) is 6.01. The maximum atomic E-state index is 13.8. The van der Waals surface area contributed by atoms with Gasteiger partial charge in [0.2, 0.25) is 11.8 Å². The molecule has 5 rings (SSSR count). The number of rotatable bonds is 7. The number of benzene rings is 1. The number of methoxy groups -OCH3 is 1. The molecule has 1 aromatic carbocycles. The van der Waals surface area contributed by atoms with E-state index in [2.05, 4.69) is 6.07 Å². The van der Waals surface area contributed by atoms with E-state index >= 15 is 0 Å². The third-order valence-corrected chi connectivity index (χ3v) is 8.99. The Morgan fingerprint density at radius 2 is 1.82 bits per heavy atom. The number of pyridine rings is 1. The molecule has 1 aliphatic heterocycles. The van der Waals surface area contributed by atoms with Gasteiger partial charge in [-0.05, 0) is 74.4 Å². The summed E-state index contributed by atoms with van der Waals surface area (Å²) in [6, 6.07) is 10.1. The number of imide groups is 1. The zero-order valence-electron chi connectivity index (χ0n) is 22.4. The summed E-state index contributed by atoms with van der Waals surface area (Å²) in [5.74, 6) is -0.160. The van der Waals surface area contributed by atoms with E-state index < -0.39 is 6.04 Å². The number of anilines is 1. The van der Waals surface area contributed by atoms with Gasteiger partial charge in [-0.15, -0.1) is 0 Å². The molecule has 0 spiro atoms. The van der Waals surface area contributed by atoms with Crippen molar-refractivity contribution in [1.29, 1.82) is 5.26 Å². The van der Waals surface area contributed by atoms with Crippen LogP contribution in [0.2, 0.25) is 0 Å². The average Bonchev–Trinajstić information content (AvgIpc) is 3.11. The molecule has 2 aliphatic carbocycles. The zero-order chi connectivity index (χ0) is 27.4. The van der Waals surface area contributed by atoms with Crippen LogP contribution in [0.5, 0.6) is 5.75 Å². The number of hydrogen-bond acceptors (Lipinski definition) is 7. The van der Waals surface area contributed by atoms with Gasteiger partial charge in [-0.1, -0.05) is 37.4 Å². The SMILES string of the molecule is COc1ccc(N2C(=O)CC(N(C(=O)CSc3nc4c(cc3C#N)CCCCC4)C3CCCCC3)C2=O)cc1. The molecule has 3 aliphatic rings. The van der Waals surface area contributed by atoms with Gasteiger partial charge >= 0.3 is 0 Å². The molecule has 8 nitrogen and oxygen atoms in total.